The Morgan fingerprint density at radius 3 is 2.62 bits per heavy atom. The summed E-state index contributed by atoms with van der Waals surface area (Å²) in [5, 5.41) is 6.23. The molecule has 0 bridgehead atoms. The Bertz CT molecular complexity index is 237. The molecule has 2 N–H and O–H groups in total. The third-order valence-corrected chi connectivity index (χ3v) is 3.19. The van der Waals surface area contributed by atoms with Gasteiger partial charge in [0.2, 0.25) is 5.91 Å². The highest BCUT2D eigenvalue weighted by atomic mass is 16.5. The molecule has 0 aliphatic heterocycles. The van der Waals surface area contributed by atoms with Gasteiger partial charge in [-0.3, -0.25) is 4.79 Å². The molecular weight excluding hydrogens is 204 g/mol. The fraction of sp³-hybridized carbons (Fsp3) is 0.917. The van der Waals surface area contributed by atoms with Gasteiger partial charge in [0.05, 0.1) is 12.6 Å². The standard InChI is InChI=1S/C12H24N2O2/c1-9(11(15)13-7-8-16-4)14-12(2,3)10-5-6-10/h9-10,14H,5-8H2,1-4H3,(H,13,15). The maximum absolute atomic E-state index is 11.7. The molecular formula is C12H24N2O2. The van der Waals surface area contributed by atoms with Gasteiger partial charge in [-0.25, -0.2) is 0 Å². The first-order valence-electron chi connectivity index (χ1n) is 6.01. The van der Waals surface area contributed by atoms with Crippen LogP contribution < -0.4 is 10.6 Å². The molecule has 0 aromatic carbocycles. The van der Waals surface area contributed by atoms with Crippen LogP contribution in [0.15, 0.2) is 0 Å². The highest BCUT2D eigenvalue weighted by Gasteiger charge is 2.38. The van der Waals surface area contributed by atoms with Gasteiger partial charge in [0, 0.05) is 19.2 Å². The van der Waals surface area contributed by atoms with E-state index in [0.29, 0.717) is 13.2 Å². The number of rotatable bonds is 7. The van der Waals surface area contributed by atoms with E-state index in [9.17, 15) is 4.79 Å². The Labute approximate surface area is 98.1 Å². The second-order valence-electron chi connectivity index (χ2n) is 5.15. The van der Waals surface area contributed by atoms with Gasteiger partial charge in [0.25, 0.3) is 0 Å². The van der Waals surface area contributed by atoms with Crippen LogP contribution in [0.25, 0.3) is 0 Å². The predicted molar refractivity (Wildman–Crippen MR) is 64.3 cm³/mol. The first-order valence-corrected chi connectivity index (χ1v) is 6.01. The molecule has 16 heavy (non-hydrogen) atoms. The van der Waals surface area contributed by atoms with Crippen molar-refractivity contribution in [1.82, 2.24) is 10.6 Å². The van der Waals surface area contributed by atoms with Gasteiger partial charge >= 0.3 is 0 Å². The molecule has 0 heterocycles. The smallest absolute Gasteiger partial charge is 0.236 e. The third-order valence-electron chi connectivity index (χ3n) is 3.19. The first-order chi connectivity index (χ1) is 7.47. The maximum atomic E-state index is 11.7. The molecule has 4 heteroatoms. The fourth-order valence-corrected chi connectivity index (χ4v) is 1.98. The normalized spacial score (nSPS) is 18.2. The highest BCUT2D eigenvalue weighted by molar-refractivity contribution is 5.81. The van der Waals surface area contributed by atoms with Crippen LogP contribution in [0.2, 0.25) is 0 Å². The third kappa shape index (κ3) is 4.10. The molecule has 1 amide bonds. The van der Waals surface area contributed by atoms with Crippen molar-refractivity contribution in [2.24, 2.45) is 5.92 Å². The van der Waals surface area contributed by atoms with Crippen molar-refractivity contribution in [3.05, 3.63) is 0 Å². The van der Waals surface area contributed by atoms with E-state index in [4.69, 9.17) is 4.74 Å². The number of amides is 1. The first kappa shape index (κ1) is 13.5. The zero-order valence-corrected chi connectivity index (χ0v) is 10.8. The van der Waals surface area contributed by atoms with E-state index in [1.807, 2.05) is 6.92 Å². The summed E-state index contributed by atoms with van der Waals surface area (Å²) in [7, 11) is 1.63. The van der Waals surface area contributed by atoms with E-state index in [2.05, 4.69) is 24.5 Å². The lowest BCUT2D eigenvalue weighted by atomic mass is 9.97. The van der Waals surface area contributed by atoms with Crippen molar-refractivity contribution in [3.63, 3.8) is 0 Å². The largest absolute Gasteiger partial charge is 0.383 e. The SMILES string of the molecule is COCCNC(=O)C(C)NC(C)(C)C1CC1. The molecule has 0 radical (unpaired) electrons. The lowest BCUT2D eigenvalue weighted by Crippen LogP contribution is -2.52. The van der Waals surface area contributed by atoms with Crippen molar-refractivity contribution in [2.75, 3.05) is 20.3 Å². The Morgan fingerprint density at radius 2 is 2.12 bits per heavy atom. The van der Waals surface area contributed by atoms with E-state index >= 15 is 0 Å². The molecule has 1 rings (SSSR count). The average Bonchev–Trinajstić information content (AvgIpc) is 3.00. The fourth-order valence-electron chi connectivity index (χ4n) is 1.98. The number of carbonyl (C=O) groups is 1. The van der Waals surface area contributed by atoms with Crippen LogP contribution >= 0.6 is 0 Å². The van der Waals surface area contributed by atoms with Crippen LogP contribution in [0, 0.1) is 5.92 Å². The van der Waals surface area contributed by atoms with Crippen molar-refractivity contribution in [1.29, 1.82) is 0 Å². The molecule has 0 aromatic heterocycles. The van der Waals surface area contributed by atoms with Gasteiger partial charge in [-0.15, -0.1) is 0 Å². The summed E-state index contributed by atoms with van der Waals surface area (Å²) in [4.78, 5) is 11.7. The van der Waals surface area contributed by atoms with E-state index in [1.54, 1.807) is 7.11 Å². The minimum absolute atomic E-state index is 0.0470. The molecule has 1 atom stereocenters. The van der Waals surface area contributed by atoms with Gasteiger partial charge in [0.15, 0.2) is 0 Å². The predicted octanol–water partition coefficient (Wildman–Crippen LogP) is 0.916. The van der Waals surface area contributed by atoms with Crippen molar-refractivity contribution < 1.29 is 9.53 Å². The zero-order valence-electron chi connectivity index (χ0n) is 10.8. The van der Waals surface area contributed by atoms with E-state index in [0.717, 1.165) is 5.92 Å². The van der Waals surface area contributed by atoms with Crippen molar-refractivity contribution >= 4 is 5.91 Å². The van der Waals surface area contributed by atoms with Crippen LogP contribution in [0.4, 0.5) is 0 Å². The topological polar surface area (TPSA) is 50.4 Å². The van der Waals surface area contributed by atoms with Gasteiger partial charge in [0.1, 0.15) is 0 Å². The van der Waals surface area contributed by atoms with Gasteiger partial charge in [-0.2, -0.15) is 0 Å². The summed E-state index contributed by atoms with van der Waals surface area (Å²) in [6, 6.07) is -0.146. The summed E-state index contributed by atoms with van der Waals surface area (Å²) in [5.41, 5.74) is 0.0675. The summed E-state index contributed by atoms with van der Waals surface area (Å²) in [6.45, 7) is 7.38. The number of hydrogen-bond acceptors (Lipinski definition) is 3. The Morgan fingerprint density at radius 1 is 1.50 bits per heavy atom. The molecule has 0 spiro atoms. The molecule has 0 aromatic rings. The molecule has 4 nitrogen and oxygen atoms in total. The second-order valence-corrected chi connectivity index (χ2v) is 5.15. The van der Waals surface area contributed by atoms with Crippen LogP contribution in [0.1, 0.15) is 33.6 Å². The molecule has 1 saturated carbocycles. The Balaban J connectivity index is 2.27. The maximum Gasteiger partial charge on any atom is 0.236 e. The van der Waals surface area contributed by atoms with Crippen LogP contribution in [-0.4, -0.2) is 37.7 Å². The number of carbonyl (C=O) groups excluding carboxylic acids is 1. The number of hydrogen-bond donors (Lipinski definition) is 2. The number of methoxy groups -OCH3 is 1. The van der Waals surface area contributed by atoms with Gasteiger partial charge in [-0.1, -0.05) is 0 Å². The molecule has 0 saturated heterocycles. The van der Waals surface area contributed by atoms with Crippen LogP contribution in [0.5, 0.6) is 0 Å². The van der Waals surface area contributed by atoms with Gasteiger partial charge < -0.3 is 15.4 Å². The lowest BCUT2D eigenvalue weighted by Gasteiger charge is -2.29. The molecule has 1 unspecified atom stereocenters. The van der Waals surface area contributed by atoms with E-state index in [-0.39, 0.29) is 17.5 Å². The number of nitrogens with one attached hydrogen (secondary N) is 2. The molecule has 1 fully saturated rings. The minimum atomic E-state index is -0.146. The monoisotopic (exact) mass is 228 g/mol. The van der Waals surface area contributed by atoms with E-state index < -0.39 is 0 Å². The Hall–Kier alpha value is -0.610. The summed E-state index contributed by atoms with van der Waals surface area (Å²) < 4.78 is 4.89. The molecule has 94 valence electrons. The average molecular weight is 228 g/mol. The molecule has 1 aliphatic carbocycles. The lowest BCUT2D eigenvalue weighted by molar-refractivity contribution is -0.123. The minimum Gasteiger partial charge on any atom is -0.383 e. The Kier molecular flexibility index (Phi) is 4.74. The molecule has 1 aliphatic rings. The van der Waals surface area contributed by atoms with Crippen LogP contribution in [0.3, 0.4) is 0 Å². The van der Waals surface area contributed by atoms with Crippen molar-refractivity contribution in [2.45, 2.75) is 45.2 Å². The number of ether oxygens (including phenoxy) is 1. The summed E-state index contributed by atoms with van der Waals surface area (Å²) in [5.74, 6) is 0.771. The van der Waals surface area contributed by atoms with Crippen LogP contribution in [-0.2, 0) is 9.53 Å². The van der Waals surface area contributed by atoms with Crippen molar-refractivity contribution in [3.8, 4) is 0 Å². The zero-order chi connectivity index (χ0) is 12.2. The highest BCUT2D eigenvalue weighted by Crippen LogP contribution is 2.39. The van der Waals surface area contributed by atoms with E-state index in [1.165, 1.54) is 12.8 Å². The summed E-state index contributed by atoms with van der Waals surface area (Å²) in [6.07, 6.45) is 2.55. The quantitative estimate of drug-likeness (QED) is 0.637. The second kappa shape index (κ2) is 5.64. The summed E-state index contributed by atoms with van der Waals surface area (Å²) >= 11 is 0. The van der Waals surface area contributed by atoms with Gasteiger partial charge in [-0.05, 0) is 39.5 Å².